The summed E-state index contributed by atoms with van der Waals surface area (Å²) >= 11 is 0. The fourth-order valence-corrected chi connectivity index (χ4v) is 3.41. The third kappa shape index (κ3) is 2.75. The van der Waals surface area contributed by atoms with Crippen molar-refractivity contribution in [1.29, 1.82) is 0 Å². The first-order valence-electron chi connectivity index (χ1n) is 8.80. The summed E-state index contributed by atoms with van der Waals surface area (Å²) in [5.74, 6) is 3.74. The largest absolute Gasteiger partial charge is 0.355 e. The van der Waals surface area contributed by atoms with E-state index in [1.54, 1.807) is 6.33 Å². The van der Waals surface area contributed by atoms with Crippen LogP contribution in [0.2, 0.25) is 0 Å². The van der Waals surface area contributed by atoms with Gasteiger partial charge in [-0.25, -0.2) is 4.98 Å². The van der Waals surface area contributed by atoms with Crippen molar-refractivity contribution < 1.29 is 4.52 Å². The van der Waals surface area contributed by atoms with Crippen LogP contribution in [-0.2, 0) is 0 Å². The molecule has 0 aliphatic carbocycles. The Labute approximate surface area is 146 Å². The van der Waals surface area contributed by atoms with Crippen molar-refractivity contribution in [3.05, 3.63) is 29.3 Å². The molecule has 3 aromatic heterocycles. The molecule has 0 radical (unpaired) electrons. The Morgan fingerprint density at radius 2 is 2.08 bits per heavy atom. The lowest BCUT2D eigenvalue weighted by Crippen LogP contribution is -2.36. The van der Waals surface area contributed by atoms with Crippen molar-refractivity contribution in [3.63, 3.8) is 0 Å². The van der Waals surface area contributed by atoms with E-state index in [4.69, 9.17) is 4.52 Å². The second kappa shape index (κ2) is 6.09. The minimum absolute atomic E-state index is 0.251. The molecule has 1 aliphatic heterocycles. The van der Waals surface area contributed by atoms with Crippen molar-refractivity contribution >= 4 is 11.6 Å². The van der Waals surface area contributed by atoms with Crippen LogP contribution in [0.1, 0.15) is 61.5 Å². The van der Waals surface area contributed by atoms with E-state index >= 15 is 0 Å². The maximum atomic E-state index is 5.40. The van der Waals surface area contributed by atoms with Crippen LogP contribution in [0.5, 0.6) is 0 Å². The van der Waals surface area contributed by atoms with Gasteiger partial charge in [-0.3, -0.25) is 0 Å². The summed E-state index contributed by atoms with van der Waals surface area (Å²) in [5, 5.41) is 8.59. The lowest BCUT2D eigenvalue weighted by atomic mass is 9.97. The number of hydrogen-bond acceptors (Lipinski definition) is 7. The van der Waals surface area contributed by atoms with E-state index in [2.05, 4.69) is 50.9 Å². The van der Waals surface area contributed by atoms with Gasteiger partial charge in [-0.15, -0.1) is 0 Å². The van der Waals surface area contributed by atoms with Gasteiger partial charge in [0.15, 0.2) is 5.82 Å². The zero-order valence-corrected chi connectivity index (χ0v) is 15.1. The monoisotopic (exact) mass is 341 g/mol. The summed E-state index contributed by atoms with van der Waals surface area (Å²) in [6.07, 6.45) is 3.70. The molecule has 1 saturated heterocycles. The Morgan fingerprint density at radius 1 is 1.24 bits per heavy atom. The van der Waals surface area contributed by atoms with E-state index in [0.29, 0.717) is 11.7 Å². The van der Waals surface area contributed by atoms with E-state index in [1.807, 2.05) is 11.4 Å². The van der Waals surface area contributed by atoms with Crippen molar-refractivity contribution in [2.24, 2.45) is 0 Å². The normalized spacial score (nSPS) is 18.4. The number of nitrogens with zero attached hydrogens (tertiary/aromatic N) is 7. The molecule has 8 nitrogen and oxygen atoms in total. The predicted octanol–water partition coefficient (Wildman–Crippen LogP) is 2.63. The second-order valence-electron chi connectivity index (χ2n) is 7.05. The molecule has 0 amide bonds. The lowest BCUT2D eigenvalue weighted by molar-refractivity contribution is 0.354. The maximum absolute atomic E-state index is 5.40. The SMILES string of the molecule is Cc1nc2ncnn2c(N2CCC[C@H](c3noc(C(C)C)n3)C2)c1C. The molecule has 132 valence electrons. The van der Waals surface area contributed by atoms with Gasteiger partial charge in [-0.2, -0.15) is 19.6 Å². The average molecular weight is 341 g/mol. The maximum Gasteiger partial charge on any atom is 0.254 e. The second-order valence-corrected chi connectivity index (χ2v) is 7.05. The van der Waals surface area contributed by atoms with Gasteiger partial charge >= 0.3 is 0 Å². The first kappa shape index (κ1) is 16.0. The molecular formula is C17H23N7O. The number of anilines is 1. The number of aryl methyl sites for hydroxylation is 1. The predicted molar refractivity (Wildman–Crippen MR) is 92.8 cm³/mol. The average Bonchev–Trinajstić information content (AvgIpc) is 3.25. The third-order valence-electron chi connectivity index (χ3n) is 4.91. The first-order valence-corrected chi connectivity index (χ1v) is 8.80. The van der Waals surface area contributed by atoms with Gasteiger partial charge in [0.25, 0.3) is 5.78 Å². The first-order chi connectivity index (χ1) is 12.0. The molecule has 0 bridgehead atoms. The van der Waals surface area contributed by atoms with Crippen molar-refractivity contribution in [1.82, 2.24) is 29.7 Å². The number of piperidine rings is 1. The molecule has 8 heteroatoms. The molecule has 1 aliphatic rings. The molecule has 1 atom stereocenters. The fourth-order valence-electron chi connectivity index (χ4n) is 3.41. The third-order valence-corrected chi connectivity index (χ3v) is 4.91. The van der Waals surface area contributed by atoms with Gasteiger partial charge in [0.2, 0.25) is 5.89 Å². The van der Waals surface area contributed by atoms with Crippen LogP contribution in [0.25, 0.3) is 5.78 Å². The zero-order valence-electron chi connectivity index (χ0n) is 15.1. The van der Waals surface area contributed by atoms with Gasteiger partial charge in [-0.1, -0.05) is 19.0 Å². The van der Waals surface area contributed by atoms with Gasteiger partial charge in [0.1, 0.15) is 12.1 Å². The molecule has 0 N–H and O–H groups in total. The Morgan fingerprint density at radius 3 is 2.84 bits per heavy atom. The molecule has 0 unspecified atom stereocenters. The van der Waals surface area contributed by atoms with Crippen molar-refractivity contribution in [2.75, 3.05) is 18.0 Å². The smallest absolute Gasteiger partial charge is 0.254 e. The summed E-state index contributed by atoms with van der Waals surface area (Å²) in [6, 6.07) is 0. The molecular weight excluding hydrogens is 318 g/mol. The van der Waals surface area contributed by atoms with Gasteiger partial charge < -0.3 is 9.42 Å². The Bertz CT molecular complexity index is 898. The molecule has 25 heavy (non-hydrogen) atoms. The van der Waals surface area contributed by atoms with Crippen molar-refractivity contribution in [3.8, 4) is 0 Å². The van der Waals surface area contributed by atoms with Crippen LogP contribution in [0, 0.1) is 13.8 Å². The summed E-state index contributed by atoms with van der Waals surface area (Å²) in [5.41, 5.74) is 2.12. The van der Waals surface area contributed by atoms with Crippen LogP contribution >= 0.6 is 0 Å². The standard InChI is InChI=1S/C17H23N7O/c1-10(2)15-21-14(22-25-15)13-6-5-7-23(8-13)16-11(3)12(4)20-17-18-9-19-24(16)17/h9-10,13H,5-8H2,1-4H3/t13-/m0/s1. The molecule has 0 saturated carbocycles. The Hall–Kier alpha value is -2.51. The summed E-state index contributed by atoms with van der Waals surface area (Å²) in [6.45, 7) is 10.1. The molecule has 4 rings (SSSR count). The van der Waals surface area contributed by atoms with Crippen LogP contribution in [0.4, 0.5) is 5.82 Å². The van der Waals surface area contributed by atoms with Gasteiger partial charge in [0, 0.05) is 36.2 Å². The Balaban J connectivity index is 1.67. The minimum atomic E-state index is 0.251. The fraction of sp³-hybridized carbons (Fsp3) is 0.588. The highest BCUT2D eigenvalue weighted by molar-refractivity contribution is 5.54. The molecule has 3 aromatic rings. The number of hydrogen-bond donors (Lipinski definition) is 0. The number of aromatic nitrogens is 6. The van der Waals surface area contributed by atoms with E-state index < -0.39 is 0 Å². The van der Waals surface area contributed by atoms with E-state index in [1.165, 1.54) is 0 Å². The topological polar surface area (TPSA) is 85.2 Å². The van der Waals surface area contributed by atoms with Gasteiger partial charge in [-0.05, 0) is 26.7 Å². The highest BCUT2D eigenvalue weighted by Crippen LogP contribution is 2.31. The summed E-state index contributed by atoms with van der Waals surface area (Å²) < 4.78 is 7.24. The molecule has 0 aromatic carbocycles. The number of fused-ring (bicyclic) bond motifs is 1. The number of rotatable bonds is 3. The van der Waals surface area contributed by atoms with E-state index in [9.17, 15) is 0 Å². The lowest BCUT2D eigenvalue weighted by Gasteiger charge is -2.34. The quantitative estimate of drug-likeness (QED) is 0.724. The van der Waals surface area contributed by atoms with Crippen LogP contribution in [0.3, 0.4) is 0 Å². The van der Waals surface area contributed by atoms with E-state index in [-0.39, 0.29) is 11.8 Å². The zero-order chi connectivity index (χ0) is 17.6. The molecule has 1 fully saturated rings. The highest BCUT2D eigenvalue weighted by atomic mass is 16.5. The summed E-state index contributed by atoms with van der Waals surface area (Å²) in [7, 11) is 0. The molecule has 4 heterocycles. The summed E-state index contributed by atoms with van der Waals surface area (Å²) in [4.78, 5) is 15.7. The molecule has 0 spiro atoms. The Kier molecular flexibility index (Phi) is 3.89. The minimum Gasteiger partial charge on any atom is -0.355 e. The highest BCUT2D eigenvalue weighted by Gasteiger charge is 2.28. The van der Waals surface area contributed by atoms with Crippen LogP contribution in [0.15, 0.2) is 10.9 Å². The van der Waals surface area contributed by atoms with Crippen LogP contribution in [-0.4, -0.2) is 42.8 Å². The van der Waals surface area contributed by atoms with Crippen molar-refractivity contribution in [2.45, 2.75) is 52.4 Å². The van der Waals surface area contributed by atoms with Crippen LogP contribution < -0.4 is 4.90 Å². The van der Waals surface area contributed by atoms with E-state index in [0.717, 1.165) is 48.8 Å². The van der Waals surface area contributed by atoms with Gasteiger partial charge in [0.05, 0.1) is 0 Å².